The quantitative estimate of drug-likeness (QED) is 0.735. The molecule has 2 aromatic rings. The monoisotopic (exact) mass is 423 g/mol. The third kappa shape index (κ3) is 4.37. The van der Waals surface area contributed by atoms with Crippen LogP contribution < -0.4 is 19.7 Å². The number of amides is 2. The number of ether oxygens (including phenoxy) is 1. The normalized spacial score (nSPS) is 15.1. The summed E-state index contributed by atoms with van der Waals surface area (Å²) in [4.78, 5) is 24.4. The van der Waals surface area contributed by atoms with E-state index in [0.717, 1.165) is 0 Å². The minimum atomic E-state index is -3.34. The fourth-order valence-electron chi connectivity index (χ4n) is 2.81. The summed E-state index contributed by atoms with van der Waals surface area (Å²) in [5.74, 6) is -1.39. The van der Waals surface area contributed by atoms with Crippen molar-refractivity contribution in [3.63, 3.8) is 0 Å². The lowest BCUT2D eigenvalue weighted by molar-refractivity contribution is -0.133. The Bertz CT molecular complexity index is 1030. The van der Waals surface area contributed by atoms with Gasteiger partial charge in [-0.25, -0.2) is 8.42 Å². The molecule has 3 rings (SSSR count). The van der Waals surface area contributed by atoms with Gasteiger partial charge in [-0.1, -0.05) is 17.7 Å². The van der Waals surface area contributed by atoms with Crippen molar-refractivity contribution in [2.24, 2.45) is 0 Å². The molecule has 1 aliphatic rings. The van der Waals surface area contributed by atoms with Gasteiger partial charge in [0.25, 0.3) is 0 Å². The average Bonchev–Trinajstić information content (AvgIpc) is 3.01. The molecule has 2 aromatic carbocycles. The number of nitrogens with one attached hydrogen (secondary N) is 2. The molecule has 2 amide bonds. The van der Waals surface area contributed by atoms with Crippen molar-refractivity contribution in [2.45, 2.75) is 6.42 Å². The molecule has 0 bridgehead atoms. The third-order valence-electron chi connectivity index (χ3n) is 4.11. The first-order valence-electron chi connectivity index (χ1n) is 8.36. The number of carbonyl (C=O) groups is 2. The lowest BCUT2D eigenvalue weighted by Crippen LogP contribution is -2.29. The molecule has 28 heavy (non-hydrogen) atoms. The molecule has 1 heterocycles. The summed E-state index contributed by atoms with van der Waals surface area (Å²) >= 11 is 5.91. The fourth-order valence-corrected chi connectivity index (χ4v) is 4.54. The number of rotatable bonds is 4. The van der Waals surface area contributed by atoms with Gasteiger partial charge in [0.15, 0.2) is 0 Å². The minimum absolute atomic E-state index is 0.0907. The van der Waals surface area contributed by atoms with Crippen LogP contribution in [0.5, 0.6) is 5.75 Å². The van der Waals surface area contributed by atoms with E-state index in [0.29, 0.717) is 35.1 Å². The summed E-state index contributed by atoms with van der Waals surface area (Å²) in [5, 5.41) is 5.27. The van der Waals surface area contributed by atoms with Crippen LogP contribution in [0.3, 0.4) is 0 Å². The highest BCUT2D eigenvalue weighted by molar-refractivity contribution is 7.93. The van der Waals surface area contributed by atoms with Crippen molar-refractivity contribution in [3.05, 3.63) is 47.5 Å². The van der Waals surface area contributed by atoms with Gasteiger partial charge in [0, 0.05) is 17.3 Å². The van der Waals surface area contributed by atoms with Crippen molar-refractivity contribution in [2.75, 3.05) is 34.3 Å². The van der Waals surface area contributed by atoms with E-state index in [1.165, 1.54) is 23.5 Å². The molecule has 0 saturated carbocycles. The highest BCUT2D eigenvalue weighted by Gasteiger charge is 2.28. The zero-order valence-corrected chi connectivity index (χ0v) is 16.5. The largest absolute Gasteiger partial charge is 0.495 e. The molecule has 10 heteroatoms. The molecule has 0 radical (unpaired) electrons. The first-order chi connectivity index (χ1) is 13.3. The Kier molecular flexibility index (Phi) is 5.76. The summed E-state index contributed by atoms with van der Waals surface area (Å²) in [7, 11) is -1.91. The number of nitrogens with zero attached hydrogens (tertiary/aromatic N) is 1. The molecular formula is C18H18ClN3O5S. The minimum Gasteiger partial charge on any atom is -0.495 e. The average molecular weight is 424 g/mol. The van der Waals surface area contributed by atoms with Gasteiger partial charge < -0.3 is 15.4 Å². The molecule has 0 atom stereocenters. The second-order valence-electron chi connectivity index (χ2n) is 6.04. The summed E-state index contributed by atoms with van der Waals surface area (Å²) in [5.41, 5.74) is 0.997. The number of sulfonamides is 1. The first-order valence-corrected chi connectivity index (χ1v) is 10.4. The van der Waals surface area contributed by atoms with Crippen molar-refractivity contribution >= 4 is 50.5 Å². The zero-order chi connectivity index (χ0) is 20.3. The van der Waals surface area contributed by atoms with Crippen molar-refractivity contribution in [3.8, 4) is 5.75 Å². The van der Waals surface area contributed by atoms with E-state index in [-0.39, 0.29) is 11.4 Å². The molecule has 0 unspecified atom stereocenters. The van der Waals surface area contributed by atoms with Gasteiger partial charge in [-0.3, -0.25) is 13.9 Å². The molecule has 148 valence electrons. The lowest BCUT2D eigenvalue weighted by atomic mass is 10.2. The number of carbonyl (C=O) groups excluding carboxylic acids is 2. The molecule has 2 N–H and O–H groups in total. The van der Waals surface area contributed by atoms with Crippen LogP contribution in [-0.2, 0) is 19.6 Å². The molecule has 1 aliphatic heterocycles. The summed E-state index contributed by atoms with van der Waals surface area (Å²) in [6.07, 6.45) is 0.544. The van der Waals surface area contributed by atoms with Crippen LogP contribution in [0.25, 0.3) is 0 Å². The summed E-state index contributed by atoms with van der Waals surface area (Å²) < 4.78 is 30.5. The predicted octanol–water partition coefficient (Wildman–Crippen LogP) is 2.47. The Morgan fingerprint density at radius 2 is 1.86 bits per heavy atom. The Balaban J connectivity index is 1.72. The van der Waals surface area contributed by atoms with E-state index < -0.39 is 21.8 Å². The van der Waals surface area contributed by atoms with Gasteiger partial charge in [-0.2, -0.15) is 0 Å². The summed E-state index contributed by atoms with van der Waals surface area (Å²) in [6.45, 7) is 0.384. The van der Waals surface area contributed by atoms with E-state index in [2.05, 4.69) is 10.6 Å². The van der Waals surface area contributed by atoms with Gasteiger partial charge in [0.2, 0.25) is 10.0 Å². The molecular weight excluding hydrogens is 406 g/mol. The van der Waals surface area contributed by atoms with Gasteiger partial charge in [0.05, 0.1) is 24.2 Å². The maximum Gasteiger partial charge on any atom is 0.314 e. The van der Waals surface area contributed by atoms with Crippen LogP contribution in [0.15, 0.2) is 42.5 Å². The van der Waals surface area contributed by atoms with Gasteiger partial charge >= 0.3 is 11.8 Å². The van der Waals surface area contributed by atoms with Crippen LogP contribution in [0, 0.1) is 0 Å². The lowest BCUT2D eigenvalue weighted by Gasteiger charge is -2.17. The van der Waals surface area contributed by atoms with Gasteiger partial charge in [-0.15, -0.1) is 0 Å². The van der Waals surface area contributed by atoms with Crippen molar-refractivity contribution in [1.29, 1.82) is 0 Å². The van der Waals surface area contributed by atoms with E-state index in [9.17, 15) is 18.0 Å². The third-order valence-corrected chi connectivity index (χ3v) is 6.21. The summed E-state index contributed by atoms with van der Waals surface area (Å²) in [6, 6.07) is 10.9. The molecule has 8 nitrogen and oxygen atoms in total. The number of benzene rings is 2. The predicted molar refractivity (Wildman–Crippen MR) is 107 cm³/mol. The number of halogens is 1. The number of anilines is 3. The molecule has 0 aliphatic carbocycles. The Morgan fingerprint density at radius 1 is 1.11 bits per heavy atom. The number of hydrogen-bond acceptors (Lipinski definition) is 5. The number of hydrogen-bond donors (Lipinski definition) is 2. The second-order valence-corrected chi connectivity index (χ2v) is 8.49. The standard InChI is InChI=1S/C18H18ClN3O5S/c1-27-16-7-6-12(19)10-15(16)21-18(24)17(23)20-13-4-2-5-14(11-13)22-8-3-9-28(22,25)26/h2,4-7,10-11H,3,8-9H2,1H3,(H,20,23)(H,21,24). The van der Waals surface area contributed by atoms with E-state index in [1.54, 1.807) is 30.3 Å². The van der Waals surface area contributed by atoms with Crippen LogP contribution in [0.1, 0.15) is 6.42 Å². The van der Waals surface area contributed by atoms with Gasteiger partial charge in [-0.05, 0) is 42.8 Å². The maximum absolute atomic E-state index is 12.2. The topological polar surface area (TPSA) is 105 Å². The van der Waals surface area contributed by atoms with Gasteiger partial charge in [0.1, 0.15) is 5.75 Å². The van der Waals surface area contributed by atoms with Crippen LogP contribution >= 0.6 is 11.6 Å². The highest BCUT2D eigenvalue weighted by atomic mass is 35.5. The van der Waals surface area contributed by atoms with E-state index in [4.69, 9.17) is 16.3 Å². The Morgan fingerprint density at radius 3 is 2.54 bits per heavy atom. The molecule has 1 fully saturated rings. The van der Waals surface area contributed by atoms with E-state index >= 15 is 0 Å². The SMILES string of the molecule is COc1ccc(Cl)cc1NC(=O)C(=O)Nc1cccc(N2CCCS2(=O)=O)c1. The van der Waals surface area contributed by atoms with E-state index in [1.807, 2.05) is 0 Å². The van der Waals surface area contributed by atoms with Crippen molar-refractivity contribution < 1.29 is 22.7 Å². The van der Waals surface area contributed by atoms with Crippen LogP contribution in [0.4, 0.5) is 17.1 Å². The Labute approximate surface area is 167 Å². The second kappa shape index (κ2) is 8.07. The molecule has 0 spiro atoms. The van der Waals surface area contributed by atoms with Crippen LogP contribution in [-0.4, -0.2) is 39.6 Å². The molecule has 1 saturated heterocycles. The fraction of sp³-hybridized carbons (Fsp3) is 0.222. The first kappa shape index (κ1) is 20.0. The Hall–Kier alpha value is -2.78. The maximum atomic E-state index is 12.2. The van der Waals surface area contributed by atoms with Crippen LogP contribution in [0.2, 0.25) is 5.02 Å². The van der Waals surface area contributed by atoms with Crippen molar-refractivity contribution in [1.82, 2.24) is 0 Å². The number of methoxy groups -OCH3 is 1. The zero-order valence-electron chi connectivity index (χ0n) is 14.9. The highest BCUT2D eigenvalue weighted by Crippen LogP contribution is 2.28. The molecule has 0 aromatic heterocycles. The smallest absolute Gasteiger partial charge is 0.314 e.